The van der Waals surface area contributed by atoms with E-state index in [1.165, 1.54) is 0 Å². The zero-order valence-corrected chi connectivity index (χ0v) is 21.2. The summed E-state index contributed by atoms with van der Waals surface area (Å²) in [6.45, 7) is 0. The van der Waals surface area contributed by atoms with Gasteiger partial charge in [-0.25, -0.2) is 9.13 Å². The van der Waals surface area contributed by atoms with Gasteiger partial charge in [0.05, 0.1) is 0 Å². The van der Waals surface area contributed by atoms with Gasteiger partial charge in [0, 0.05) is 0 Å². The maximum atomic E-state index is 9.63. The average molecular weight is 361 g/mol. The molecular formula is H8Cl2KNa3O7P2. The first kappa shape index (κ1) is 42.8. The van der Waals surface area contributed by atoms with E-state index < -0.39 is 15.6 Å². The average Bonchev–Trinajstić information content (AvgIpc) is 1.14. The molecule has 0 aliphatic heterocycles. The van der Waals surface area contributed by atoms with Gasteiger partial charge in [-0.3, -0.25) is 0 Å². The van der Waals surface area contributed by atoms with Crippen molar-refractivity contribution < 1.29 is 190 Å². The Kier molecular flexibility index (Phi) is 55.5. The van der Waals surface area contributed by atoms with E-state index in [2.05, 4.69) is 4.31 Å². The van der Waals surface area contributed by atoms with E-state index in [-0.39, 0.29) is 169 Å². The van der Waals surface area contributed by atoms with Gasteiger partial charge in [0.2, 0.25) is 0 Å². The van der Waals surface area contributed by atoms with Crippen LogP contribution in [0.25, 0.3) is 0 Å². The Balaban J connectivity index is -0.00000000889. The number of hydrogen-bond acceptors (Lipinski definition) is 3. The molecule has 78 valence electrons. The molecule has 0 amide bonds. The van der Waals surface area contributed by atoms with Gasteiger partial charge in [-0.1, -0.05) is 0 Å². The standard InChI is InChI=1S/2ClH.K.3Na.H4O7P2.3H/c;;;;;;1-8(2,3)7-9(4,5)6;;;/h2*1H;;;;;(H2,1,2,3)(H2,4,5,6);;;/q;;4*+1;;3*-1/p-1. The van der Waals surface area contributed by atoms with Gasteiger partial charge in [-0.15, -0.1) is 12.4 Å². The first-order valence-corrected chi connectivity index (χ1v) is 4.59. The number of rotatable bonds is 2. The van der Waals surface area contributed by atoms with Crippen molar-refractivity contribution in [1.82, 2.24) is 0 Å². The largest absolute Gasteiger partial charge is 1.00 e. The molecule has 0 saturated carbocycles. The monoisotopic (exact) mass is 360 g/mol. The summed E-state index contributed by atoms with van der Waals surface area (Å²) in [6, 6.07) is 0. The molecule has 0 aromatic rings. The van der Waals surface area contributed by atoms with Crippen molar-refractivity contribution in [1.29, 1.82) is 0 Å². The Morgan fingerprint density at radius 2 is 1.00 bits per heavy atom. The van der Waals surface area contributed by atoms with E-state index in [0.717, 1.165) is 0 Å². The maximum absolute atomic E-state index is 9.63. The third-order valence-electron chi connectivity index (χ3n) is 0.213. The smallest absolute Gasteiger partial charge is 1.00 e. The summed E-state index contributed by atoms with van der Waals surface area (Å²) >= 11 is 0. The van der Waals surface area contributed by atoms with Gasteiger partial charge in [-0.2, -0.15) is 4.31 Å². The van der Waals surface area contributed by atoms with Gasteiger partial charge in [0.25, 0.3) is 0 Å². The van der Waals surface area contributed by atoms with Gasteiger partial charge in [-0.05, 0) is 0 Å². The molecule has 15 heavy (non-hydrogen) atoms. The summed E-state index contributed by atoms with van der Waals surface area (Å²) in [7, 11) is -10.1. The molecule has 0 bridgehead atoms. The van der Waals surface area contributed by atoms with Crippen LogP contribution in [0.15, 0.2) is 0 Å². The summed E-state index contributed by atoms with van der Waals surface area (Å²) in [5.74, 6) is 0. The van der Waals surface area contributed by atoms with Gasteiger partial charge >= 0.3 is 156 Å². The van der Waals surface area contributed by atoms with Crippen molar-refractivity contribution in [2.45, 2.75) is 0 Å². The molecule has 4 N–H and O–H groups in total. The quantitative estimate of drug-likeness (QED) is 0.285. The summed E-state index contributed by atoms with van der Waals surface area (Å²) in [4.78, 5) is 31.0. The third-order valence-corrected chi connectivity index (χ3v) is 1.91. The van der Waals surface area contributed by atoms with Crippen LogP contribution in [0.3, 0.4) is 0 Å². The van der Waals surface area contributed by atoms with E-state index in [0.29, 0.717) is 0 Å². The fourth-order valence-corrected chi connectivity index (χ4v) is 1.25. The van der Waals surface area contributed by atoms with Gasteiger partial charge in [0.1, 0.15) is 0 Å². The van der Waals surface area contributed by atoms with Crippen molar-refractivity contribution in [2.75, 3.05) is 0 Å². The van der Waals surface area contributed by atoms with E-state index in [1.54, 1.807) is 0 Å². The molecule has 7 nitrogen and oxygen atoms in total. The fourth-order valence-electron chi connectivity index (χ4n) is 0.139. The van der Waals surface area contributed by atoms with Crippen molar-refractivity contribution >= 4 is 28.1 Å². The Bertz CT molecular complexity index is 182. The number of halogens is 2. The molecule has 0 aromatic heterocycles. The number of phosphoric acid groups is 2. The van der Waals surface area contributed by atoms with Crippen LogP contribution in [-0.2, 0) is 13.4 Å². The molecule has 0 unspecified atom stereocenters. The Morgan fingerprint density at radius 1 is 0.867 bits per heavy atom. The molecule has 0 rings (SSSR count). The van der Waals surface area contributed by atoms with Crippen LogP contribution in [0.1, 0.15) is 4.28 Å². The van der Waals surface area contributed by atoms with Crippen LogP contribution in [0, 0.1) is 0 Å². The van der Waals surface area contributed by atoms with E-state index in [1.807, 2.05) is 0 Å². The molecule has 0 aromatic carbocycles. The Morgan fingerprint density at radius 3 is 1.00 bits per heavy atom. The van der Waals surface area contributed by atoms with Crippen LogP contribution in [0.5, 0.6) is 0 Å². The van der Waals surface area contributed by atoms with Gasteiger partial charge < -0.3 is 36.3 Å². The normalized spacial score (nSPS) is 8.27. The maximum Gasteiger partial charge on any atom is 1.00 e. The molecule has 0 atom stereocenters. The zero-order valence-electron chi connectivity index (χ0n) is 11.7. The molecule has 15 heteroatoms. The summed E-state index contributed by atoms with van der Waals surface area (Å²) in [6.07, 6.45) is 0. The zero-order chi connectivity index (χ0) is 7.71. The third kappa shape index (κ3) is 45.2. The van der Waals surface area contributed by atoms with Crippen molar-refractivity contribution in [3.63, 3.8) is 0 Å². The second kappa shape index (κ2) is 19.5. The van der Waals surface area contributed by atoms with Crippen LogP contribution in [0.2, 0.25) is 0 Å². The van der Waals surface area contributed by atoms with Crippen LogP contribution in [0.4, 0.5) is 0 Å². The van der Waals surface area contributed by atoms with Crippen molar-refractivity contribution in [2.24, 2.45) is 0 Å². The second-order valence-corrected chi connectivity index (χ2v) is 3.68. The summed E-state index contributed by atoms with van der Waals surface area (Å²) < 4.78 is 22.2. The molecular weight excluding hydrogens is 353 g/mol. The van der Waals surface area contributed by atoms with Crippen molar-refractivity contribution in [3.8, 4) is 0 Å². The molecule has 0 fully saturated rings. The van der Waals surface area contributed by atoms with Crippen molar-refractivity contribution in [3.05, 3.63) is 0 Å². The number of hydrogen-bond donors (Lipinski definition) is 4. The van der Waals surface area contributed by atoms with E-state index >= 15 is 0 Å². The van der Waals surface area contributed by atoms with Gasteiger partial charge in [0.15, 0.2) is 0 Å². The van der Waals surface area contributed by atoms with E-state index in [4.69, 9.17) is 19.6 Å². The molecule has 0 radical (unpaired) electrons. The predicted octanol–water partition coefficient (Wildman–Crippen LogP) is -15.0. The molecule has 0 aliphatic rings. The van der Waals surface area contributed by atoms with Crippen LogP contribution < -0.4 is 152 Å². The second-order valence-electron chi connectivity index (χ2n) is 1.06. The summed E-state index contributed by atoms with van der Waals surface area (Å²) in [5, 5.41) is 0. The minimum absolute atomic E-state index is 0. The minimum Gasteiger partial charge on any atom is -1.00 e. The van der Waals surface area contributed by atoms with Crippen LogP contribution in [-0.4, -0.2) is 19.6 Å². The first-order valence-electron chi connectivity index (χ1n) is 1.53. The molecule has 0 saturated heterocycles. The Labute approximate surface area is 213 Å². The summed E-state index contributed by atoms with van der Waals surface area (Å²) in [5.41, 5.74) is 0. The molecule has 0 spiro atoms. The van der Waals surface area contributed by atoms with Crippen LogP contribution >= 0.6 is 28.1 Å². The first-order chi connectivity index (χ1) is 3.71. The Hall–Kier alpha value is 5.48. The van der Waals surface area contributed by atoms with E-state index in [9.17, 15) is 9.13 Å². The SMILES string of the molecule is Cl.O=P(O)(O)OP(=O)(O)O.[Cl-].[H-].[H-].[H-].[K+].[Na+].[Na+].[Na+]. The fraction of sp³-hybridized carbons (Fsp3) is 0. The predicted molar refractivity (Wildman–Crippen MR) is 35.8 cm³/mol. The molecule has 0 aliphatic carbocycles. The minimum atomic E-state index is -5.05. The molecule has 0 heterocycles. The topological polar surface area (TPSA) is 124 Å².